The summed E-state index contributed by atoms with van der Waals surface area (Å²) in [6.07, 6.45) is 6.77. The third-order valence-corrected chi connectivity index (χ3v) is 6.01. The van der Waals surface area contributed by atoms with Crippen molar-refractivity contribution in [2.45, 2.75) is 50.2 Å². The normalized spacial score (nSPS) is 25.3. The van der Waals surface area contributed by atoms with Gasteiger partial charge in [-0.3, -0.25) is 4.79 Å². The van der Waals surface area contributed by atoms with E-state index in [1.165, 1.54) is 12.8 Å². The Morgan fingerprint density at radius 1 is 1.19 bits per heavy atom. The average Bonchev–Trinajstić information content (AvgIpc) is 3.51. The van der Waals surface area contributed by atoms with E-state index in [4.69, 9.17) is 14.2 Å². The molecule has 0 N–H and O–H groups in total. The summed E-state index contributed by atoms with van der Waals surface area (Å²) in [6.45, 7) is 3.20. The summed E-state index contributed by atoms with van der Waals surface area (Å²) >= 11 is 0. The predicted molar refractivity (Wildman–Crippen MR) is 98.5 cm³/mol. The molecule has 2 heterocycles. The molecule has 1 atom stereocenters. The lowest BCUT2D eigenvalue weighted by atomic mass is 9.83. The molecule has 1 aromatic carbocycles. The number of piperidine rings is 1. The Labute approximate surface area is 155 Å². The fourth-order valence-electron chi connectivity index (χ4n) is 4.06. The van der Waals surface area contributed by atoms with Gasteiger partial charge in [0.25, 0.3) is 5.91 Å². The number of methoxy groups -OCH3 is 1. The summed E-state index contributed by atoms with van der Waals surface area (Å²) in [5.74, 6) is 1.67. The number of hydrogen-bond donors (Lipinski definition) is 0. The van der Waals surface area contributed by atoms with E-state index >= 15 is 0 Å². The zero-order valence-corrected chi connectivity index (χ0v) is 15.6. The van der Waals surface area contributed by atoms with Crippen molar-refractivity contribution >= 4 is 5.91 Å². The molecule has 2 saturated heterocycles. The van der Waals surface area contributed by atoms with Crippen LogP contribution in [0.3, 0.4) is 0 Å². The Kier molecular flexibility index (Phi) is 5.18. The van der Waals surface area contributed by atoms with Crippen molar-refractivity contribution in [2.24, 2.45) is 5.92 Å². The maximum Gasteiger partial charge on any atom is 0.253 e. The molecule has 3 fully saturated rings. The lowest BCUT2D eigenvalue weighted by Crippen LogP contribution is -2.52. The number of rotatable bonds is 5. The van der Waals surface area contributed by atoms with Crippen LogP contribution in [0.2, 0.25) is 0 Å². The number of carbonyl (C=O) groups excluding carboxylic acids is 1. The average molecular weight is 359 g/mol. The summed E-state index contributed by atoms with van der Waals surface area (Å²) in [6, 6.07) is 7.35. The van der Waals surface area contributed by atoms with E-state index in [-0.39, 0.29) is 11.5 Å². The Morgan fingerprint density at radius 3 is 2.58 bits per heavy atom. The molecule has 0 radical (unpaired) electrons. The van der Waals surface area contributed by atoms with Crippen molar-refractivity contribution in [1.29, 1.82) is 0 Å². The topological polar surface area (TPSA) is 48.0 Å². The van der Waals surface area contributed by atoms with Gasteiger partial charge in [-0.05, 0) is 62.3 Å². The SMILES string of the molecule is COc1ccc(C(=O)N2CCC3(CC2)CC(OCC2CC2)CCO3)cc1. The molecule has 1 aromatic rings. The van der Waals surface area contributed by atoms with Gasteiger partial charge in [0, 0.05) is 38.3 Å². The van der Waals surface area contributed by atoms with Crippen molar-refractivity contribution in [2.75, 3.05) is 33.4 Å². The number of benzene rings is 1. The van der Waals surface area contributed by atoms with Gasteiger partial charge >= 0.3 is 0 Å². The molecule has 0 bridgehead atoms. The van der Waals surface area contributed by atoms with Gasteiger partial charge in [-0.2, -0.15) is 0 Å². The second-order valence-electron chi connectivity index (χ2n) is 7.94. The van der Waals surface area contributed by atoms with Crippen LogP contribution in [0.4, 0.5) is 0 Å². The van der Waals surface area contributed by atoms with Gasteiger partial charge in [-0.15, -0.1) is 0 Å². The summed E-state index contributed by atoms with van der Waals surface area (Å²) < 4.78 is 17.5. The third kappa shape index (κ3) is 4.04. The first-order valence-electron chi connectivity index (χ1n) is 9.86. The minimum Gasteiger partial charge on any atom is -0.497 e. The Hall–Kier alpha value is -1.59. The summed E-state index contributed by atoms with van der Waals surface area (Å²) in [5, 5.41) is 0. The van der Waals surface area contributed by atoms with Gasteiger partial charge in [-0.1, -0.05) is 0 Å². The van der Waals surface area contributed by atoms with Gasteiger partial charge < -0.3 is 19.1 Å². The summed E-state index contributed by atoms with van der Waals surface area (Å²) in [7, 11) is 1.63. The van der Waals surface area contributed by atoms with Crippen LogP contribution in [0.1, 0.15) is 48.9 Å². The van der Waals surface area contributed by atoms with Gasteiger partial charge in [-0.25, -0.2) is 0 Å². The molecule has 1 unspecified atom stereocenters. The van der Waals surface area contributed by atoms with E-state index < -0.39 is 0 Å². The third-order valence-electron chi connectivity index (χ3n) is 6.01. The lowest BCUT2D eigenvalue weighted by Gasteiger charge is -2.46. The number of nitrogens with zero attached hydrogens (tertiary/aromatic N) is 1. The Balaban J connectivity index is 1.31. The van der Waals surface area contributed by atoms with E-state index in [1.54, 1.807) is 7.11 Å². The molecule has 1 amide bonds. The molecule has 5 nitrogen and oxygen atoms in total. The molecule has 5 heteroatoms. The minimum atomic E-state index is -0.0941. The highest BCUT2D eigenvalue weighted by atomic mass is 16.5. The highest BCUT2D eigenvalue weighted by Crippen LogP contribution is 2.37. The number of likely N-dealkylation sites (tertiary alicyclic amines) is 1. The standard InChI is InChI=1S/C21H29NO4/c1-24-18-6-4-17(5-7-18)20(23)22-11-9-21(10-12-22)14-19(8-13-26-21)25-15-16-2-3-16/h4-7,16,19H,2-3,8-15H2,1H3. The molecule has 1 saturated carbocycles. The molecule has 0 aromatic heterocycles. The maximum atomic E-state index is 12.7. The predicted octanol–water partition coefficient (Wildman–Crippen LogP) is 3.28. The molecule has 142 valence electrons. The molecular weight excluding hydrogens is 330 g/mol. The Morgan fingerprint density at radius 2 is 1.92 bits per heavy atom. The second kappa shape index (κ2) is 7.57. The van der Waals surface area contributed by atoms with Gasteiger partial charge in [0.05, 0.1) is 18.8 Å². The van der Waals surface area contributed by atoms with Gasteiger partial charge in [0.15, 0.2) is 0 Å². The molecule has 2 aliphatic heterocycles. The molecule has 1 aliphatic carbocycles. The molecule has 4 rings (SSSR count). The lowest BCUT2D eigenvalue weighted by molar-refractivity contribution is -0.153. The van der Waals surface area contributed by atoms with Crippen molar-refractivity contribution < 1.29 is 19.0 Å². The van der Waals surface area contributed by atoms with Gasteiger partial charge in [0.2, 0.25) is 0 Å². The largest absolute Gasteiger partial charge is 0.497 e. The first kappa shape index (κ1) is 17.8. The van der Waals surface area contributed by atoms with Crippen molar-refractivity contribution in [3.8, 4) is 5.75 Å². The monoisotopic (exact) mass is 359 g/mol. The molecule has 1 spiro atoms. The zero-order chi connectivity index (χ0) is 18.0. The fourth-order valence-corrected chi connectivity index (χ4v) is 4.06. The highest BCUT2D eigenvalue weighted by molar-refractivity contribution is 5.94. The van der Waals surface area contributed by atoms with Crippen LogP contribution in [0.5, 0.6) is 5.75 Å². The number of ether oxygens (including phenoxy) is 3. The van der Waals surface area contributed by atoms with Crippen molar-refractivity contribution in [1.82, 2.24) is 4.90 Å². The Bertz CT molecular complexity index is 617. The highest BCUT2D eigenvalue weighted by Gasteiger charge is 2.42. The first-order valence-corrected chi connectivity index (χ1v) is 9.86. The van der Waals surface area contributed by atoms with Crippen LogP contribution in [-0.2, 0) is 9.47 Å². The van der Waals surface area contributed by atoms with Crippen molar-refractivity contribution in [3.05, 3.63) is 29.8 Å². The fraction of sp³-hybridized carbons (Fsp3) is 0.667. The van der Waals surface area contributed by atoms with Crippen LogP contribution < -0.4 is 4.74 Å². The van der Waals surface area contributed by atoms with Gasteiger partial charge in [0.1, 0.15) is 5.75 Å². The summed E-state index contributed by atoms with van der Waals surface area (Å²) in [4.78, 5) is 14.7. The minimum absolute atomic E-state index is 0.0941. The quantitative estimate of drug-likeness (QED) is 0.809. The second-order valence-corrected chi connectivity index (χ2v) is 7.94. The number of carbonyl (C=O) groups is 1. The first-order chi connectivity index (χ1) is 12.7. The molecule has 26 heavy (non-hydrogen) atoms. The van der Waals surface area contributed by atoms with E-state index in [2.05, 4.69) is 0 Å². The van der Waals surface area contributed by atoms with E-state index in [9.17, 15) is 4.79 Å². The van der Waals surface area contributed by atoms with Crippen LogP contribution >= 0.6 is 0 Å². The summed E-state index contributed by atoms with van der Waals surface area (Å²) in [5.41, 5.74) is 0.625. The molecule has 3 aliphatic rings. The van der Waals surface area contributed by atoms with Crippen molar-refractivity contribution in [3.63, 3.8) is 0 Å². The molecular formula is C21H29NO4. The zero-order valence-electron chi connectivity index (χ0n) is 15.6. The number of amides is 1. The van der Waals surface area contributed by atoms with E-state index in [1.807, 2.05) is 29.2 Å². The number of hydrogen-bond acceptors (Lipinski definition) is 4. The maximum absolute atomic E-state index is 12.7. The van der Waals surface area contributed by atoms with E-state index in [0.29, 0.717) is 6.10 Å². The van der Waals surface area contributed by atoms with Crippen LogP contribution in [-0.4, -0.2) is 55.9 Å². The van der Waals surface area contributed by atoms with Crippen LogP contribution in [0.15, 0.2) is 24.3 Å². The smallest absolute Gasteiger partial charge is 0.253 e. The van der Waals surface area contributed by atoms with E-state index in [0.717, 1.165) is 69.2 Å². The van der Waals surface area contributed by atoms with Crippen LogP contribution in [0, 0.1) is 5.92 Å². The van der Waals surface area contributed by atoms with Crippen LogP contribution in [0.25, 0.3) is 0 Å².